The number of hydrogen-bond donors (Lipinski definition) is 2. The van der Waals surface area contributed by atoms with Crippen molar-refractivity contribution in [2.75, 3.05) is 32.0 Å². The lowest BCUT2D eigenvalue weighted by Crippen LogP contribution is -2.33. The van der Waals surface area contributed by atoms with Crippen molar-refractivity contribution >= 4 is 10.0 Å². The highest BCUT2D eigenvalue weighted by atomic mass is 32.2. The zero-order chi connectivity index (χ0) is 13.3. The van der Waals surface area contributed by atoms with E-state index in [9.17, 15) is 8.42 Å². The van der Waals surface area contributed by atoms with Crippen LogP contribution < -0.4 is 10.0 Å². The second kappa shape index (κ2) is 8.85. The van der Waals surface area contributed by atoms with E-state index in [-0.39, 0.29) is 11.9 Å². The van der Waals surface area contributed by atoms with Crippen LogP contribution in [0.4, 0.5) is 0 Å². The first-order chi connectivity index (χ1) is 8.64. The van der Waals surface area contributed by atoms with E-state index in [0.29, 0.717) is 13.0 Å². The number of rotatable bonds is 10. The molecule has 6 heteroatoms. The molecule has 18 heavy (non-hydrogen) atoms. The molecule has 1 saturated heterocycles. The van der Waals surface area contributed by atoms with Crippen molar-refractivity contribution in [1.29, 1.82) is 0 Å². The Morgan fingerprint density at radius 3 is 2.78 bits per heavy atom. The largest absolute Gasteiger partial charge is 0.377 e. The molecule has 0 spiro atoms. The lowest BCUT2D eigenvalue weighted by atomic mass is 10.2. The van der Waals surface area contributed by atoms with Gasteiger partial charge in [-0.3, -0.25) is 0 Å². The summed E-state index contributed by atoms with van der Waals surface area (Å²) in [5.74, 6) is 0.216. The Labute approximate surface area is 111 Å². The van der Waals surface area contributed by atoms with Crippen LogP contribution in [-0.4, -0.2) is 46.5 Å². The Hall–Kier alpha value is -0.170. The molecule has 1 unspecified atom stereocenters. The molecule has 1 aliphatic rings. The monoisotopic (exact) mass is 278 g/mol. The van der Waals surface area contributed by atoms with Gasteiger partial charge in [-0.25, -0.2) is 13.1 Å². The molecular weight excluding hydrogens is 252 g/mol. The highest BCUT2D eigenvalue weighted by molar-refractivity contribution is 7.89. The topological polar surface area (TPSA) is 67.4 Å². The summed E-state index contributed by atoms with van der Waals surface area (Å²) in [5, 5.41) is 3.26. The fourth-order valence-electron chi connectivity index (χ4n) is 1.94. The van der Waals surface area contributed by atoms with E-state index in [2.05, 4.69) is 17.0 Å². The summed E-state index contributed by atoms with van der Waals surface area (Å²) >= 11 is 0. The third-order valence-electron chi connectivity index (χ3n) is 3.00. The lowest BCUT2D eigenvalue weighted by molar-refractivity contribution is 0.114. The zero-order valence-electron chi connectivity index (χ0n) is 11.3. The molecule has 2 N–H and O–H groups in total. The van der Waals surface area contributed by atoms with Gasteiger partial charge in [0.25, 0.3) is 0 Å². The maximum absolute atomic E-state index is 11.7. The van der Waals surface area contributed by atoms with Crippen molar-refractivity contribution in [2.45, 2.75) is 45.1 Å². The molecule has 1 atom stereocenters. The Bertz CT molecular complexity index is 300. The first kappa shape index (κ1) is 15.9. The molecule has 1 fully saturated rings. The van der Waals surface area contributed by atoms with Gasteiger partial charge in [0.1, 0.15) is 0 Å². The fraction of sp³-hybridized carbons (Fsp3) is 1.00. The average molecular weight is 278 g/mol. The van der Waals surface area contributed by atoms with Crippen LogP contribution in [0.25, 0.3) is 0 Å². The van der Waals surface area contributed by atoms with Crippen molar-refractivity contribution in [1.82, 2.24) is 10.0 Å². The summed E-state index contributed by atoms with van der Waals surface area (Å²) in [4.78, 5) is 0. The smallest absolute Gasteiger partial charge is 0.211 e. The SMILES string of the molecule is CCCNCCCCS(=O)(=O)NCC1CCCO1. The number of nitrogens with one attached hydrogen (secondary N) is 2. The van der Waals surface area contributed by atoms with Crippen LogP contribution in [-0.2, 0) is 14.8 Å². The molecule has 108 valence electrons. The van der Waals surface area contributed by atoms with E-state index in [1.165, 1.54) is 0 Å². The zero-order valence-corrected chi connectivity index (χ0v) is 12.1. The van der Waals surface area contributed by atoms with Crippen molar-refractivity contribution in [3.63, 3.8) is 0 Å². The van der Waals surface area contributed by atoms with Gasteiger partial charge >= 0.3 is 0 Å². The average Bonchev–Trinajstić information content (AvgIpc) is 2.84. The Morgan fingerprint density at radius 2 is 2.11 bits per heavy atom. The quantitative estimate of drug-likeness (QED) is 0.582. The summed E-state index contributed by atoms with van der Waals surface area (Å²) in [6.07, 6.45) is 4.80. The summed E-state index contributed by atoms with van der Waals surface area (Å²) in [6, 6.07) is 0. The molecule has 0 aromatic heterocycles. The number of hydrogen-bond acceptors (Lipinski definition) is 4. The molecule has 0 aromatic rings. The minimum atomic E-state index is -3.12. The van der Waals surface area contributed by atoms with Gasteiger partial charge in [0.2, 0.25) is 10.0 Å². The van der Waals surface area contributed by atoms with E-state index < -0.39 is 10.0 Å². The third-order valence-corrected chi connectivity index (χ3v) is 4.43. The third kappa shape index (κ3) is 7.31. The van der Waals surface area contributed by atoms with Crippen LogP contribution in [0.15, 0.2) is 0 Å². The van der Waals surface area contributed by atoms with E-state index in [4.69, 9.17) is 4.74 Å². The van der Waals surface area contributed by atoms with Gasteiger partial charge in [-0.1, -0.05) is 6.92 Å². The molecule has 1 heterocycles. The van der Waals surface area contributed by atoms with Gasteiger partial charge in [0.15, 0.2) is 0 Å². The van der Waals surface area contributed by atoms with Gasteiger partial charge in [-0.15, -0.1) is 0 Å². The summed E-state index contributed by atoms with van der Waals surface area (Å²) < 4.78 is 31.4. The second-order valence-electron chi connectivity index (χ2n) is 4.76. The van der Waals surface area contributed by atoms with Crippen molar-refractivity contribution < 1.29 is 13.2 Å². The number of unbranched alkanes of at least 4 members (excludes halogenated alkanes) is 1. The predicted octanol–water partition coefficient (Wildman–Crippen LogP) is 0.865. The molecular formula is C12H26N2O3S. The van der Waals surface area contributed by atoms with E-state index in [1.54, 1.807) is 0 Å². The minimum Gasteiger partial charge on any atom is -0.377 e. The molecule has 1 aliphatic heterocycles. The maximum Gasteiger partial charge on any atom is 0.211 e. The molecule has 0 aliphatic carbocycles. The Morgan fingerprint density at radius 1 is 1.28 bits per heavy atom. The van der Waals surface area contributed by atoms with Gasteiger partial charge in [-0.2, -0.15) is 0 Å². The Kier molecular flexibility index (Phi) is 7.81. The minimum absolute atomic E-state index is 0.0750. The number of sulfonamides is 1. The van der Waals surface area contributed by atoms with Crippen molar-refractivity contribution in [3.05, 3.63) is 0 Å². The van der Waals surface area contributed by atoms with Gasteiger partial charge in [0.05, 0.1) is 11.9 Å². The molecule has 0 amide bonds. The van der Waals surface area contributed by atoms with Crippen molar-refractivity contribution in [3.8, 4) is 0 Å². The van der Waals surface area contributed by atoms with Gasteiger partial charge in [0, 0.05) is 13.2 Å². The molecule has 0 bridgehead atoms. The molecule has 0 aromatic carbocycles. The van der Waals surface area contributed by atoms with Crippen LogP contribution in [0.5, 0.6) is 0 Å². The second-order valence-corrected chi connectivity index (χ2v) is 6.69. The standard InChI is InChI=1S/C12H26N2O3S/c1-2-7-13-8-3-4-10-18(15,16)14-11-12-6-5-9-17-12/h12-14H,2-11H2,1H3. The van der Waals surface area contributed by atoms with Crippen LogP contribution >= 0.6 is 0 Å². The van der Waals surface area contributed by atoms with Gasteiger partial charge in [-0.05, 0) is 45.2 Å². The molecule has 1 rings (SSSR count). The summed E-state index contributed by atoms with van der Waals surface area (Å²) in [5.41, 5.74) is 0. The number of ether oxygens (including phenoxy) is 1. The molecule has 0 saturated carbocycles. The molecule has 5 nitrogen and oxygen atoms in total. The van der Waals surface area contributed by atoms with E-state index in [0.717, 1.165) is 45.4 Å². The van der Waals surface area contributed by atoms with Crippen LogP contribution in [0.3, 0.4) is 0 Å². The first-order valence-electron chi connectivity index (χ1n) is 6.93. The van der Waals surface area contributed by atoms with Gasteiger partial charge < -0.3 is 10.1 Å². The normalized spacial score (nSPS) is 20.4. The van der Waals surface area contributed by atoms with Crippen LogP contribution in [0.2, 0.25) is 0 Å². The maximum atomic E-state index is 11.7. The fourth-order valence-corrected chi connectivity index (χ4v) is 3.11. The molecule has 0 radical (unpaired) electrons. The summed E-state index contributed by atoms with van der Waals surface area (Å²) in [6.45, 7) is 5.21. The Balaban J connectivity index is 2.03. The van der Waals surface area contributed by atoms with Crippen molar-refractivity contribution in [2.24, 2.45) is 0 Å². The van der Waals surface area contributed by atoms with E-state index in [1.807, 2.05) is 0 Å². The summed E-state index contributed by atoms with van der Waals surface area (Å²) in [7, 11) is -3.12. The highest BCUT2D eigenvalue weighted by Gasteiger charge is 2.18. The lowest BCUT2D eigenvalue weighted by Gasteiger charge is -2.11. The van der Waals surface area contributed by atoms with E-state index >= 15 is 0 Å². The first-order valence-corrected chi connectivity index (χ1v) is 8.59. The van der Waals surface area contributed by atoms with Crippen LogP contribution in [0.1, 0.15) is 39.0 Å². The van der Waals surface area contributed by atoms with Crippen LogP contribution in [0, 0.1) is 0 Å². The predicted molar refractivity (Wildman–Crippen MR) is 73.2 cm³/mol. The highest BCUT2D eigenvalue weighted by Crippen LogP contribution is 2.10.